The fraction of sp³-hybridized carbons (Fsp3) is 0.286. The maximum Gasteiger partial charge on any atom is 0.127 e. The largest absolute Gasteiger partial charge is 0.490 e. The first-order valence-corrected chi connectivity index (χ1v) is 5.74. The highest BCUT2D eigenvalue weighted by molar-refractivity contribution is 5.88. The number of fused-ring (bicyclic) bond motifs is 1. The summed E-state index contributed by atoms with van der Waals surface area (Å²) >= 11 is 0. The molecule has 1 atom stereocenters. The summed E-state index contributed by atoms with van der Waals surface area (Å²) in [6.45, 7) is 0.833. The molecule has 0 aliphatic rings. The van der Waals surface area contributed by atoms with Gasteiger partial charge >= 0.3 is 0 Å². The van der Waals surface area contributed by atoms with Crippen molar-refractivity contribution in [3.63, 3.8) is 0 Å². The van der Waals surface area contributed by atoms with Crippen LogP contribution in [0.15, 0.2) is 42.5 Å². The second kappa shape index (κ2) is 5.66. The van der Waals surface area contributed by atoms with Crippen LogP contribution in [0.5, 0.6) is 5.75 Å². The summed E-state index contributed by atoms with van der Waals surface area (Å²) in [5.41, 5.74) is 0. The molecular weight excluding hydrogens is 214 g/mol. The van der Waals surface area contributed by atoms with Crippen LogP contribution < -0.4 is 10.1 Å². The maximum absolute atomic E-state index is 9.60. The van der Waals surface area contributed by atoms with Gasteiger partial charge in [0.25, 0.3) is 0 Å². The van der Waals surface area contributed by atoms with Crippen molar-refractivity contribution in [3.05, 3.63) is 42.5 Å². The average molecular weight is 231 g/mol. The van der Waals surface area contributed by atoms with Gasteiger partial charge in [0.15, 0.2) is 0 Å². The molecule has 3 nitrogen and oxygen atoms in total. The van der Waals surface area contributed by atoms with E-state index >= 15 is 0 Å². The quantitative estimate of drug-likeness (QED) is 0.824. The lowest BCUT2D eigenvalue weighted by molar-refractivity contribution is 0.109. The predicted octanol–water partition coefficient (Wildman–Crippen LogP) is 1.80. The Balaban J connectivity index is 2.13. The number of ether oxygens (including phenoxy) is 1. The van der Waals surface area contributed by atoms with Gasteiger partial charge in [0, 0.05) is 11.9 Å². The van der Waals surface area contributed by atoms with Gasteiger partial charge in [-0.1, -0.05) is 36.4 Å². The Morgan fingerprint density at radius 2 is 1.94 bits per heavy atom. The van der Waals surface area contributed by atoms with E-state index in [9.17, 15) is 5.11 Å². The summed E-state index contributed by atoms with van der Waals surface area (Å²) in [6.07, 6.45) is -0.487. The molecule has 0 spiro atoms. The number of nitrogens with one attached hydrogen (secondary N) is 1. The minimum Gasteiger partial charge on any atom is -0.490 e. The smallest absolute Gasteiger partial charge is 0.127 e. The van der Waals surface area contributed by atoms with Gasteiger partial charge in [0.1, 0.15) is 18.5 Å². The number of benzene rings is 2. The summed E-state index contributed by atoms with van der Waals surface area (Å²) in [7, 11) is 1.81. The molecule has 2 rings (SSSR count). The summed E-state index contributed by atoms with van der Waals surface area (Å²) in [5, 5.41) is 14.7. The molecular formula is C14H17NO2. The molecule has 0 aliphatic heterocycles. The second-order valence-corrected chi connectivity index (χ2v) is 4.00. The van der Waals surface area contributed by atoms with Crippen molar-refractivity contribution >= 4 is 10.8 Å². The molecule has 0 fully saturated rings. The monoisotopic (exact) mass is 231 g/mol. The normalized spacial score (nSPS) is 12.6. The van der Waals surface area contributed by atoms with Crippen molar-refractivity contribution < 1.29 is 9.84 Å². The number of rotatable bonds is 5. The minimum absolute atomic E-state index is 0.300. The van der Waals surface area contributed by atoms with Gasteiger partial charge in [0.2, 0.25) is 0 Å². The minimum atomic E-state index is -0.487. The highest BCUT2D eigenvalue weighted by atomic mass is 16.5. The molecule has 0 aromatic heterocycles. The molecule has 0 heterocycles. The van der Waals surface area contributed by atoms with Crippen LogP contribution in [-0.4, -0.2) is 31.4 Å². The second-order valence-electron chi connectivity index (χ2n) is 4.00. The third-order valence-electron chi connectivity index (χ3n) is 2.62. The van der Waals surface area contributed by atoms with Crippen molar-refractivity contribution in [2.45, 2.75) is 6.10 Å². The molecule has 2 aromatic rings. The summed E-state index contributed by atoms with van der Waals surface area (Å²) in [5.74, 6) is 0.818. The van der Waals surface area contributed by atoms with Crippen LogP contribution in [0.3, 0.4) is 0 Å². The van der Waals surface area contributed by atoms with Crippen LogP contribution in [0.4, 0.5) is 0 Å². The van der Waals surface area contributed by atoms with E-state index in [-0.39, 0.29) is 0 Å². The zero-order valence-electron chi connectivity index (χ0n) is 9.89. The number of likely N-dealkylation sites (N-methyl/N-ethyl adjacent to an activating group) is 1. The van der Waals surface area contributed by atoms with E-state index in [0.717, 1.165) is 16.5 Å². The van der Waals surface area contributed by atoms with Crippen LogP contribution >= 0.6 is 0 Å². The van der Waals surface area contributed by atoms with Crippen molar-refractivity contribution in [2.75, 3.05) is 20.2 Å². The molecule has 1 unspecified atom stereocenters. The van der Waals surface area contributed by atoms with Gasteiger partial charge in [0.05, 0.1) is 0 Å². The Labute approximate surface area is 101 Å². The highest BCUT2D eigenvalue weighted by Crippen LogP contribution is 2.25. The summed E-state index contributed by atoms with van der Waals surface area (Å²) in [4.78, 5) is 0. The first-order valence-electron chi connectivity index (χ1n) is 5.74. The molecule has 0 bridgehead atoms. The van der Waals surface area contributed by atoms with Gasteiger partial charge in [-0.2, -0.15) is 0 Å². The SMILES string of the molecule is CNCC(O)COc1cccc2ccccc12. The Kier molecular flexibility index (Phi) is 3.96. The maximum atomic E-state index is 9.60. The molecule has 0 amide bonds. The Bertz CT molecular complexity index is 479. The molecule has 2 aromatic carbocycles. The molecule has 3 heteroatoms. The third-order valence-corrected chi connectivity index (χ3v) is 2.62. The van der Waals surface area contributed by atoms with E-state index < -0.39 is 6.10 Å². The Hall–Kier alpha value is -1.58. The first-order chi connectivity index (χ1) is 8.31. The average Bonchev–Trinajstić information content (AvgIpc) is 2.36. The van der Waals surface area contributed by atoms with E-state index in [1.54, 1.807) is 7.05 Å². The number of aliphatic hydroxyl groups excluding tert-OH is 1. The third kappa shape index (κ3) is 2.96. The molecule has 90 valence electrons. The summed E-state index contributed by atoms with van der Waals surface area (Å²) in [6, 6.07) is 14.0. The standard InChI is InChI=1S/C14H17NO2/c1-15-9-12(16)10-17-14-8-4-6-11-5-2-3-7-13(11)14/h2-8,12,15-16H,9-10H2,1H3. The number of hydrogen-bond donors (Lipinski definition) is 2. The fourth-order valence-corrected chi connectivity index (χ4v) is 1.80. The molecule has 2 N–H and O–H groups in total. The zero-order valence-corrected chi connectivity index (χ0v) is 9.89. The van der Waals surface area contributed by atoms with Crippen LogP contribution in [0.2, 0.25) is 0 Å². The molecule has 0 saturated heterocycles. The molecule has 0 saturated carbocycles. The number of hydrogen-bond acceptors (Lipinski definition) is 3. The summed E-state index contributed by atoms with van der Waals surface area (Å²) < 4.78 is 5.64. The van der Waals surface area contributed by atoms with Gasteiger partial charge in [-0.15, -0.1) is 0 Å². The van der Waals surface area contributed by atoms with Gasteiger partial charge < -0.3 is 15.2 Å². The zero-order chi connectivity index (χ0) is 12.1. The van der Waals surface area contributed by atoms with Crippen LogP contribution in [0, 0.1) is 0 Å². The Morgan fingerprint density at radius 1 is 1.18 bits per heavy atom. The molecule has 0 radical (unpaired) electrons. The lowest BCUT2D eigenvalue weighted by atomic mass is 10.1. The first kappa shape index (κ1) is 11.9. The van der Waals surface area contributed by atoms with Crippen molar-refractivity contribution in [1.29, 1.82) is 0 Å². The van der Waals surface area contributed by atoms with Crippen LogP contribution in [-0.2, 0) is 0 Å². The number of aliphatic hydroxyl groups is 1. The van der Waals surface area contributed by atoms with Gasteiger partial charge in [-0.3, -0.25) is 0 Å². The molecule has 0 aliphatic carbocycles. The highest BCUT2D eigenvalue weighted by Gasteiger charge is 2.05. The predicted molar refractivity (Wildman–Crippen MR) is 69.4 cm³/mol. The van der Waals surface area contributed by atoms with Crippen LogP contribution in [0.1, 0.15) is 0 Å². The van der Waals surface area contributed by atoms with Crippen LogP contribution in [0.25, 0.3) is 10.8 Å². The van der Waals surface area contributed by atoms with E-state index in [1.165, 1.54) is 0 Å². The van der Waals surface area contributed by atoms with E-state index in [1.807, 2.05) is 42.5 Å². The fourth-order valence-electron chi connectivity index (χ4n) is 1.80. The van der Waals surface area contributed by atoms with E-state index in [0.29, 0.717) is 13.2 Å². The van der Waals surface area contributed by atoms with E-state index in [2.05, 4.69) is 5.32 Å². The Morgan fingerprint density at radius 3 is 2.76 bits per heavy atom. The van der Waals surface area contributed by atoms with Gasteiger partial charge in [-0.25, -0.2) is 0 Å². The lowest BCUT2D eigenvalue weighted by Crippen LogP contribution is -2.29. The van der Waals surface area contributed by atoms with E-state index in [4.69, 9.17) is 4.74 Å². The van der Waals surface area contributed by atoms with Gasteiger partial charge in [-0.05, 0) is 18.5 Å². The molecule has 17 heavy (non-hydrogen) atoms. The topological polar surface area (TPSA) is 41.5 Å². The van der Waals surface area contributed by atoms with Crippen molar-refractivity contribution in [3.8, 4) is 5.75 Å². The lowest BCUT2D eigenvalue weighted by Gasteiger charge is -2.13. The van der Waals surface area contributed by atoms with Crippen molar-refractivity contribution in [1.82, 2.24) is 5.32 Å². The van der Waals surface area contributed by atoms with Crippen molar-refractivity contribution in [2.24, 2.45) is 0 Å².